The second-order valence-electron chi connectivity index (χ2n) is 18.2. The van der Waals surface area contributed by atoms with Crippen molar-refractivity contribution >= 4 is 17.9 Å². The van der Waals surface area contributed by atoms with Gasteiger partial charge in [-0.3, -0.25) is 0 Å². The number of allylic oxidation sites excluding steroid dienone is 6. The summed E-state index contributed by atoms with van der Waals surface area (Å²) in [7, 11) is 0. The minimum atomic E-state index is -0.914. The molecule has 0 aliphatic heterocycles. The first-order valence-electron chi connectivity index (χ1n) is 27.4. The lowest BCUT2D eigenvalue weighted by molar-refractivity contribution is -0.307. The third-order valence-corrected chi connectivity index (χ3v) is 11.2. The Labute approximate surface area is 403 Å². The van der Waals surface area contributed by atoms with Gasteiger partial charge in [-0.05, 0) is 122 Å². The number of rotatable bonds is 46. The molecule has 386 valence electrons. The molecule has 0 aromatic heterocycles. The summed E-state index contributed by atoms with van der Waals surface area (Å²) in [6.45, 7) is 8.16. The van der Waals surface area contributed by atoms with Gasteiger partial charge in [0, 0.05) is 17.9 Å². The number of aliphatic carboxylic acids is 3. The molecule has 0 saturated heterocycles. The van der Waals surface area contributed by atoms with E-state index in [4.69, 9.17) is 10.2 Å². The SMILES string of the molecule is CC(O)CO.CCCCCCCC/C=C\CCCCCCCC(=O)[O-].CCCCCCCC/C=C\CCCCCCCC(=O)[O-].CCCCCCCC/C=C\CCCCCCCC(=O)[O-]. The number of carbonyl (C=O) groups excluding carboxylic acids is 3. The summed E-state index contributed by atoms with van der Waals surface area (Å²) in [6.07, 6.45) is 62.1. The van der Waals surface area contributed by atoms with Gasteiger partial charge in [-0.15, -0.1) is 0 Å². The highest BCUT2D eigenvalue weighted by atomic mass is 16.4. The number of aliphatic hydroxyl groups excluding tert-OH is 2. The Balaban J connectivity index is -0.000000407. The summed E-state index contributed by atoms with van der Waals surface area (Å²) in [6, 6.07) is 0. The van der Waals surface area contributed by atoms with Gasteiger partial charge in [0.25, 0.3) is 0 Å². The van der Waals surface area contributed by atoms with Crippen molar-refractivity contribution in [2.24, 2.45) is 0 Å². The molecule has 0 spiro atoms. The number of aliphatic hydroxyl groups is 2. The summed E-state index contributed by atoms with van der Waals surface area (Å²) in [5, 5.41) is 46.6. The number of carboxylic acid groups (broad SMARTS) is 3. The molecule has 0 bridgehead atoms. The van der Waals surface area contributed by atoms with Gasteiger partial charge >= 0.3 is 0 Å². The average molecular weight is 920 g/mol. The van der Waals surface area contributed by atoms with Crippen LogP contribution in [0.25, 0.3) is 0 Å². The smallest absolute Gasteiger partial charge is 0.0742 e. The summed E-state index contributed by atoms with van der Waals surface area (Å²) in [5.41, 5.74) is 0. The Morgan fingerprint density at radius 2 is 0.492 bits per heavy atom. The highest BCUT2D eigenvalue weighted by molar-refractivity contribution is 5.64. The fraction of sp³-hybridized carbons (Fsp3) is 0.842. The average Bonchev–Trinajstić information content (AvgIpc) is 3.28. The molecular weight excluding hydrogens is 813 g/mol. The van der Waals surface area contributed by atoms with Crippen LogP contribution < -0.4 is 15.3 Å². The highest BCUT2D eigenvalue weighted by Gasteiger charge is 1.95. The zero-order chi connectivity index (χ0) is 49.0. The van der Waals surface area contributed by atoms with Gasteiger partial charge < -0.3 is 39.9 Å². The maximum atomic E-state index is 10.2. The van der Waals surface area contributed by atoms with Crippen LogP contribution in [0.3, 0.4) is 0 Å². The Kier molecular flexibility index (Phi) is 70.0. The van der Waals surface area contributed by atoms with Crippen LogP contribution in [0.4, 0.5) is 0 Å². The van der Waals surface area contributed by atoms with Crippen LogP contribution in [0.5, 0.6) is 0 Å². The van der Waals surface area contributed by atoms with Crippen LogP contribution in [0.1, 0.15) is 297 Å². The zero-order valence-corrected chi connectivity index (χ0v) is 43.3. The fourth-order valence-electron chi connectivity index (χ4n) is 7.02. The molecule has 0 aromatic rings. The van der Waals surface area contributed by atoms with Crippen molar-refractivity contribution in [1.29, 1.82) is 0 Å². The monoisotopic (exact) mass is 920 g/mol. The van der Waals surface area contributed by atoms with Crippen molar-refractivity contribution in [1.82, 2.24) is 0 Å². The van der Waals surface area contributed by atoms with Crippen LogP contribution in [0, 0.1) is 0 Å². The van der Waals surface area contributed by atoms with Crippen LogP contribution >= 0.6 is 0 Å². The molecule has 65 heavy (non-hydrogen) atoms. The topological polar surface area (TPSA) is 161 Å². The Morgan fingerprint density at radius 1 is 0.338 bits per heavy atom. The molecule has 0 heterocycles. The summed E-state index contributed by atoms with van der Waals surface area (Å²) >= 11 is 0. The summed E-state index contributed by atoms with van der Waals surface area (Å²) < 4.78 is 0. The Bertz CT molecular complexity index is 886. The van der Waals surface area contributed by atoms with Crippen molar-refractivity contribution in [2.75, 3.05) is 6.61 Å². The number of carbonyl (C=O) groups is 3. The molecule has 0 radical (unpaired) electrons. The summed E-state index contributed by atoms with van der Waals surface area (Å²) in [4.78, 5) is 30.6. The predicted octanol–water partition coefficient (Wildman–Crippen LogP) is 13.7. The molecule has 2 N–H and O–H groups in total. The lowest BCUT2D eigenvalue weighted by Gasteiger charge is -2.01. The van der Waals surface area contributed by atoms with E-state index in [0.717, 1.165) is 57.8 Å². The van der Waals surface area contributed by atoms with Gasteiger partial charge in [0.2, 0.25) is 0 Å². The van der Waals surface area contributed by atoms with Gasteiger partial charge in [0.15, 0.2) is 0 Å². The number of hydrogen-bond acceptors (Lipinski definition) is 8. The molecular formula is C57H107O8-3. The van der Waals surface area contributed by atoms with Gasteiger partial charge in [0.1, 0.15) is 0 Å². The van der Waals surface area contributed by atoms with Crippen molar-refractivity contribution in [2.45, 2.75) is 303 Å². The lowest BCUT2D eigenvalue weighted by Crippen LogP contribution is -2.21. The van der Waals surface area contributed by atoms with Crippen LogP contribution in [-0.4, -0.2) is 40.8 Å². The van der Waals surface area contributed by atoms with E-state index in [1.54, 1.807) is 0 Å². The van der Waals surface area contributed by atoms with E-state index in [9.17, 15) is 29.7 Å². The molecule has 0 rings (SSSR count). The molecule has 0 amide bonds. The molecule has 1 unspecified atom stereocenters. The standard InChI is InChI=1S/3C18H34O2.C3H8O2/c3*1-2-3-4-5-6-7-8-9-10-11-12-13-14-15-16-17-18(19)20;1-3(5)2-4/h3*9-10H,2-8,11-17H2,1H3,(H,19,20);3-5H,2H2,1H3/p-3/b3*10-9-;. The molecule has 0 aromatic carbocycles. The molecule has 8 nitrogen and oxygen atoms in total. The lowest BCUT2D eigenvalue weighted by atomic mass is 10.1. The quantitative estimate of drug-likeness (QED) is 0.0451. The number of carboxylic acids is 3. The number of hydrogen-bond donors (Lipinski definition) is 2. The largest absolute Gasteiger partial charge is 0.550 e. The normalized spacial score (nSPS) is 11.5. The molecule has 8 heteroatoms. The van der Waals surface area contributed by atoms with Crippen molar-refractivity contribution in [3.05, 3.63) is 36.5 Å². The predicted molar refractivity (Wildman–Crippen MR) is 272 cm³/mol. The van der Waals surface area contributed by atoms with Crippen molar-refractivity contribution in [3.8, 4) is 0 Å². The molecule has 0 saturated carbocycles. The maximum Gasteiger partial charge on any atom is 0.0742 e. The zero-order valence-electron chi connectivity index (χ0n) is 43.3. The minimum absolute atomic E-state index is 0.139. The van der Waals surface area contributed by atoms with E-state index in [0.29, 0.717) is 0 Å². The van der Waals surface area contributed by atoms with E-state index in [1.165, 1.54) is 200 Å². The molecule has 0 aliphatic carbocycles. The highest BCUT2D eigenvalue weighted by Crippen LogP contribution is 2.13. The Hall–Kier alpha value is -2.45. The minimum Gasteiger partial charge on any atom is -0.550 e. The van der Waals surface area contributed by atoms with Crippen molar-refractivity contribution in [3.63, 3.8) is 0 Å². The first-order valence-corrected chi connectivity index (χ1v) is 27.4. The van der Waals surface area contributed by atoms with Crippen LogP contribution in [-0.2, 0) is 14.4 Å². The Morgan fingerprint density at radius 3 is 0.646 bits per heavy atom. The molecule has 0 aliphatic rings. The van der Waals surface area contributed by atoms with Gasteiger partial charge in [0.05, 0.1) is 12.7 Å². The number of unbranched alkanes of at least 4 members (excludes halogenated alkanes) is 33. The van der Waals surface area contributed by atoms with E-state index >= 15 is 0 Å². The third kappa shape index (κ3) is 85.4. The second kappa shape index (κ2) is 65.8. The fourth-order valence-corrected chi connectivity index (χ4v) is 7.02. The maximum absolute atomic E-state index is 10.2. The van der Waals surface area contributed by atoms with Crippen LogP contribution in [0.15, 0.2) is 36.5 Å². The molecule has 1 atom stereocenters. The van der Waals surface area contributed by atoms with E-state index < -0.39 is 24.0 Å². The van der Waals surface area contributed by atoms with Gasteiger partial charge in [-0.1, -0.05) is 211 Å². The van der Waals surface area contributed by atoms with Crippen LogP contribution in [0.2, 0.25) is 0 Å². The first-order chi connectivity index (χ1) is 31.6. The molecule has 0 fully saturated rings. The summed E-state index contributed by atoms with van der Waals surface area (Å²) in [5.74, 6) is -2.74. The van der Waals surface area contributed by atoms with E-state index in [1.807, 2.05) is 0 Å². The van der Waals surface area contributed by atoms with Gasteiger partial charge in [-0.25, -0.2) is 0 Å². The van der Waals surface area contributed by atoms with E-state index in [2.05, 4.69) is 57.2 Å². The second-order valence-corrected chi connectivity index (χ2v) is 18.2. The van der Waals surface area contributed by atoms with Gasteiger partial charge in [-0.2, -0.15) is 0 Å². The van der Waals surface area contributed by atoms with E-state index in [-0.39, 0.29) is 25.9 Å². The first kappa shape index (κ1) is 69.1. The van der Waals surface area contributed by atoms with Crippen molar-refractivity contribution < 1.29 is 39.9 Å². The third-order valence-electron chi connectivity index (χ3n) is 11.2.